The first-order valence-electron chi connectivity index (χ1n) is 4.71. The molecule has 0 bridgehead atoms. The average molecular weight is 209 g/mol. The van der Waals surface area contributed by atoms with E-state index in [2.05, 4.69) is 0 Å². The van der Waals surface area contributed by atoms with Gasteiger partial charge < -0.3 is 15.9 Å². The number of aromatic hydroxyl groups is 1. The summed E-state index contributed by atoms with van der Waals surface area (Å²) in [6.45, 7) is 5.33. The number of rotatable bonds is 2. The Morgan fingerprint density at radius 1 is 1.47 bits per heavy atom. The van der Waals surface area contributed by atoms with Crippen LogP contribution < -0.4 is 5.73 Å². The van der Waals surface area contributed by atoms with E-state index in [1.807, 2.05) is 13.8 Å². The quantitative estimate of drug-likeness (QED) is 0.514. The molecule has 4 heteroatoms. The van der Waals surface area contributed by atoms with Crippen molar-refractivity contribution in [3.63, 3.8) is 0 Å². The lowest BCUT2D eigenvalue weighted by Crippen LogP contribution is -2.06. The molecule has 0 fully saturated rings. The molecule has 0 heterocycles. The number of phenolic OH excluding ortho intramolecular Hbond substituents is 1. The predicted octanol–water partition coefficient (Wildman–Crippen LogP) is 2.10. The van der Waals surface area contributed by atoms with Crippen LogP contribution in [0, 0.1) is 6.92 Å². The summed E-state index contributed by atoms with van der Waals surface area (Å²) < 4.78 is 0. The summed E-state index contributed by atoms with van der Waals surface area (Å²) in [5.41, 5.74) is 6.92. The van der Waals surface area contributed by atoms with Crippen LogP contribution in [-0.2, 0) is 0 Å². The van der Waals surface area contributed by atoms with Crippen LogP contribution in [0.3, 0.4) is 0 Å². The van der Waals surface area contributed by atoms with Gasteiger partial charge in [0.05, 0.1) is 11.3 Å². The van der Waals surface area contributed by atoms with Gasteiger partial charge in [-0.2, -0.15) is 0 Å². The topological polar surface area (TPSA) is 83.5 Å². The molecule has 0 saturated carbocycles. The van der Waals surface area contributed by atoms with E-state index >= 15 is 0 Å². The van der Waals surface area contributed by atoms with E-state index in [0.717, 1.165) is 0 Å². The number of nitrogens with two attached hydrogens (primary N) is 1. The number of hydrogen-bond donors (Lipinski definition) is 3. The molecule has 0 atom stereocenters. The Balaban J connectivity index is 3.52. The lowest BCUT2D eigenvalue weighted by atomic mass is 9.95. The van der Waals surface area contributed by atoms with E-state index in [1.54, 1.807) is 6.92 Å². The van der Waals surface area contributed by atoms with E-state index in [9.17, 15) is 9.90 Å². The zero-order valence-corrected chi connectivity index (χ0v) is 9.03. The zero-order valence-electron chi connectivity index (χ0n) is 9.03. The second-order valence-electron chi connectivity index (χ2n) is 3.86. The second kappa shape index (κ2) is 3.81. The van der Waals surface area contributed by atoms with Gasteiger partial charge in [-0.15, -0.1) is 0 Å². The fourth-order valence-electron chi connectivity index (χ4n) is 1.47. The molecule has 0 aliphatic rings. The first kappa shape index (κ1) is 11.4. The van der Waals surface area contributed by atoms with Gasteiger partial charge in [0.1, 0.15) is 5.75 Å². The summed E-state index contributed by atoms with van der Waals surface area (Å²) in [6.07, 6.45) is 0. The lowest BCUT2D eigenvalue weighted by Gasteiger charge is -2.14. The highest BCUT2D eigenvalue weighted by Crippen LogP contribution is 2.35. The summed E-state index contributed by atoms with van der Waals surface area (Å²) in [7, 11) is 0. The smallest absolute Gasteiger partial charge is 0.336 e. The molecule has 0 aliphatic carbocycles. The molecule has 15 heavy (non-hydrogen) atoms. The first-order chi connectivity index (χ1) is 6.86. The molecule has 0 spiro atoms. The SMILES string of the molecule is Cc1c(C(=O)O)cc(C(C)C)c(O)c1N. The average Bonchev–Trinajstić information content (AvgIpc) is 2.13. The van der Waals surface area contributed by atoms with Crippen LogP contribution in [0.5, 0.6) is 5.75 Å². The molecule has 0 saturated heterocycles. The van der Waals surface area contributed by atoms with Gasteiger partial charge in [0.2, 0.25) is 0 Å². The minimum atomic E-state index is -1.03. The number of phenols is 1. The maximum Gasteiger partial charge on any atom is 0.336 e. The highest BCUT2D eigenvalue weighted by molar-refractivity contribution is 5.92. The van der Waals surface area contributed by atoms with Gasteiger partial charge in [0.25, 0.3) is 0 Å². The maximum atomic E-state index is 10.9. The van der Waals surface area contributed by atoms with Crippen LogP contribution >= 0.6 is 0 Å². The van der Waals surface area contributed by atoms with Crippen LogP contribution in [0.15, 0.2) is 6.07 Å². The van der Waals surface area contributed by atoms with Gasteiger partial charge in [0.15, 0.2) is 0 Å². The Morgan fingerprint density at radius 3 is 2.40 bits per heavy atom. The normalized spacial score (nSPS) is 10.7. The molecule has 1 aromatic rings. The molecule has 0 amide bonds. The Labute approximate surface area is 88.3 Å². The predicted molar refractivity (Wildman–Crippen MR) is 58.3 cm³/mol. The number of carbonyl (C=O) groups is 1. The van der Waals surface area contributed by atoms with Crippen molar-refractivity contribution in [2.75, 3.05) is 5.73 Å². The fraction of sp³-hybridized carbons (Fsp3) is 0.364. The Hall–Kier alpha value is -1.71. The summed E-state index contributed by atoms with van der Waals surface area (Å²) in [5, 5.41) is 18.7. The molecule has 1 rings (SSSR count). The van der Waals surface area contributed by atoms with Crippen LogP contribution in [0.25, 0.3) is 0 Å². The number of hydrogen-bond acceptors (Lipinski definition) is 3. The molecular formula is C11H15NO3. The van der Waals surface area contributed by atoms with Gasteiger partial charge >= 0.3 is 5.97 Å². The standard InChI is InChI=1S/C11H15NO3/c1-5(2)7-4-8(11(14)15)6(3)9(12)10(7)13/h4-5,13H,12H2,1-3H3,(H,14,15). The zero-order chi connectivity index (χ0) is 11.7. The molecule has 0 unspecified atom stereocenters. The minimum absolute atomic E-state index is 0.00694. The van der Waals surface area contributed by atoms with Crippen LogP contribution in [0.4, 0.5) is 5.69 Å². The van der Waals surface area contributed by atoms with Crippen molar-refractivity contribution in [1.29, 1.82) is 0 Å². The molecule has 4 N–H and O–H groups in total. The summed E-state index contributed by atoms with van der Waals surface area (Å²) in [4.78, 5) is 10.9. The highest BCUT2D eigenvalue weighted by atomic mass is 16.4. The number of nitrogen functional groups attached to an aromatic ring is 1. The maximum absolute atomic E-state index is 10.9. The number of anilines is 1. The van der Waals surface area contributed by atoms with Crippen molar-refractivity contribution in [2.45, 2.75) is 26.7 Å². The van der Waals surface area contributed by atoms with Gasteiger partial charge in [0, 0.05) is 0 Å². The van der Waals surface area contributed by atoms with Crippen molar-refractivity contribution in [3.8, 4) is 5.75 Å². The first-order valence-corrected chi connectivity index (χ1v) is 4.71. The number of carboxylic acids is 1. The summed E-state index contributed by atoms with van der Waals surface area (Å²) >= 11 is 0. The largest absolute Gasteiger partial charge is 0.505 e. The molecule has 0 aliphatic heterocycles. The van der Waals surface area contributed by atoms with Crippen LogP contribution in [0.2, 0.25) is 0 Å². The Bertz CT molecular complexity index is 411. The van der Waals surface area contributed by atoms with Crippen LogP contribution in [0.1, 0.15) is 41.3 Å². The van der Waals surface area contributed by atoms with Crippen molar-refractivity contribution in [1.82, 2.24) is 0 Å². The molecule has 0 radical (unpaired) electrons. The van der Waals surface area contributed by atoms with Crippen LogP contribution in [-0.4, -0.2) is 16.2 Å². The number of carboxylic acid groups (broad SMARTS) is 1. The van der Waals surface area contributed by atoms with Crippen molar-refractivity contribution < 1.29 is 15.0 Å². The third-order valence-corrected chi connectivity index (χ3v) is 2.49. The number of aromatic carboxylic acids is 1. The van der Waals surface area contributed by atoms with Crippen molar-refractivity contribution >= 4 is 11.7 Å². The van der Waals surface area contributed by atoms with Gasteiger partial charge in [-0.3, -0.25) is 0 Å². The lowest BCUT2D eigenvalue weighted by molar-refractivity contribution is 0.0696. The molecular weight excluding hydrogens is 194 g/mol. The third-order valence-electron chi connectivity index (χ3n) is 2.49. The monoisotopic (exact) mass is 209 g/mol. The Morgan fingerprint density at radius 2 is 2.00 bits per heavy atom. The number of benzene rings is 1. The van der Waals surface area contributed by atoms with E-state index < -0.39 is 5.97 Å². The van der Waals surface area contributed by atoms with Gasteiger partial charge in [-0.25, -0.2) is 4.79 Å². The van der Waals surface area contributed by atoms with E-state index in [1.165, 1.54) is 6.07 Å². The molecule has 82 valence electrons. The molecule has 1 aromatic carbocycles. The molecule has 4 nitrogen and oxygen atoms in total. The minimum Gasteiger partial charge on any atom is -0.505 e. The van der Waals surface area contributed by atoms with Crippen molar-refractivity contribution in [3.05, 3.63) is 22.8 Å². The Kier molecular flexibility index (Phi) is 2.88. The summed E-state index contributed by atoms with van der Waals surface area (Å²) in [5.74, 6) is -1.00. The van der Waals surface area contributed by atoms with E-state index in [0.29, 0.717) is 11.1 Å². The second-order valence-corrected chi connectivity index (χ2v) is 3.86. The van der Waals surface area contributed by atoms with E-state index in [-0.39, 0.29) is 22.9 Å². The molecule has 0 aromatic heterocycles. The third kappa shape index (κ3) is 1.88. The van der Waals surface area contributed by atoms with Gasteiger partial charge in [-0.05, 0) is 30.0 Å². The van der Waals surface area contributed by atoms with E-state index in [4.69, 9.17) is 10.8 Å². The fourth-order valence-corrected chi connectivity index (χ4v) is 1.47. The van der Waals surface area contributed by atoms with Gasteiger partial charge in [-0.1, -0.05) is 13.8 Å². The summed E-state index contributed by atoms with van der Waals surface area (Å²) in [6, 6.07) is 1.48. The highest BCUT2D eigenvalue weighted by Gasteiger charge is 2.18. The van der Waals surface area contributed by atoms with Crippen molar-refractivity contribution in [2.24, 2.45) is 0 Å².